The van der Waals surface area contributed by atoms with E-state index in [1.165, 1.54) is 21.5 Å². The van der Waals surface area contributed by atoms with Crippen LogP contribution in [-0.2, 0) is 0 Å². The van der Waals surface area contributed by atoms with Crippen molar-refractivity contribution in [3.05, 3.63) is 170 Å². The van der Waals surface area contributed by atoms with Gasteiger partial charge in [-0.2, -0.15) is 0 Å². The predicted molar refractivity (Wildman–Crippen MR) is 212 cm³/mol. The molecule has 0 aliphatic carbocycles. The number of nitrogens with zero attached hydrogens (tertiary/aromatic N) is 6. The lowest BCUT2D eigenvalue weighted by Crippen LogP contribution is -2.01. The monoisotopic (exact) mass is 664 g/mol. The van der Waals surface area contributed by atoms with Crippen molar-refractivity contribution in [1.82, 2.24) is 28.9 Å². The standard InChI is InChI=1S/C46H28N6/c1-3-14-29(15-4-1)43-48-44(30-16-5-2-6-17-30)50-45(49-43)31-18-13-19-32(28-31)51-38-24-11-9-20-33(38)35-26-27-40-41(42(35)51)34-21-7-8-22-36(34)46-47-37-23-10-12-25-39(37)52(40)46/h1-28H. The van der Waals surface area contributed by atoms with Crippen molar-refractivity contribution in [2.24, 2.45) is 0 Å². The Balaban J connectivity index is 1.23. The van der Waals surface area contributed by atoms with Gasteiger partial charge in [0.05, 0.1) is 27.6 Å². The van der Waals surface area contributed by atoms with Crippen molar-refractivity contribution in [2.45, 2.75) is 0 Å². The molecule has 4 heterocycles. The number of hydrogen-bond donors (Lipinski definition) is 0. The number of pyridine rings is 1. The van der Waals surface area contributed by atoms with E-state index in [4.69, 9.17) is 19.9 Å². The lowest BCUT2D eigenvalue weighted by Gasteiger charge is -2.14. The summed E-state index contributed by atoms with van der Waals surface area (Å²) in [6.45, 7) is 0. The van der Waals surface area contributed by atoms with Gasteiger partial charge in [0.25, 0.3) is 0 Å². The normalized spacial score (nSPS) is 11.8. The molecule has 0 saturated heterocycles. The molecule has 11 rings (SSSR count). The van der Waals surface area contributed by atoms with Gasteiger partial charge in [-0.25, -0.2) is 19.9 Å². The molecule has 0 aliphatic rings. The van der Waals surface area contributed by atoms with Crippen molar-refractivity contribution in [1.29, 1.82) is 0 Å². The first-order chi connectivity index (χ1) is 25.8. The fraction of sp³-hybridized carbons (Fsp3) is 0. The van der Waals surface area contributed by atoms with Crippen LogP contribution in [0.5, 0.6) is 0 Å². The molecule has 242 valence electrons. The largest absolute Gasteiger partial charge is 0.309 e. The molecule has 4 aromatic heterocycles. The third-order valence-corrected chi connectivity index (χ3v) is 10.1. The first-order valence-electron chi connectivity index (χ1n) is 17.4. The number of imidazole rings is 1. The van der Waals surface area contributed by atoms with E-state index in [1.54, 1.807) is 0 Å². The van der Waals surface area contributed by atoms with Crippen LogP contribution in [0.3, 0.4) is 0 Å². The zero-order valence-electron chi connectivity index (χ0n) is 27.8. The molecule has 0 saturated carbocycles. The van der Waals surface area contributed by atoms with Gasteiger partial charge in [0.1, 0.15) is 5.65 Å². The van der Waals surface area contributed by atoms with Gasteiger partial charge in [-0.1, -0.05) is 133 Å². The maximum atomic E-state index is 5.14. The summed E-state index contributed by atoms with van der Waals surface area (Å²) in [5.41, 5.74) is 10.3. The molecule has 52 heavy (non-hydrogen) atoms. The van der Waals surface area contributed by atoms with Crippen molar-refractivity contribution in [2.75, 3.05) is 0 Å². The van der Waals surface area contributed by atoms with Gasteiger partial charge in [-0.05, 0) is 41.8 Å². The van der Waals surface area contributed by atoms with Gasteiger partial charge in [0.2, 0.25) is 0 Å². The number of para-hydroxylation sites is 3. The van der Waals surface area contributed by atoms with E-state index in [-0.39, 0.29) is 0 Å². The first kappa shape index (κ1) is 28.6. The molecular weight excluding hydrogens is 637 g/mol. The van der Waals surface area contributed by atoms with Gasteiger partial charge in [-0.3, -0.25) is 4.40 Å². The van der Waals surface area contributed by atoms with E-state index in [0.717, 1.165) is 61.0 Å². The van der Waals surface area contributed by atoms with E-state index in [0.29, 0.717) is 17.5 Å². The quantitative estimate of drug-likeness (QED) is 0.176. The molecule has 0 radical (unpaired) electrons. The minimum absolute atomic E-state index is 0.622. The second-order valence-corrected chi connectivity index (χ2v) is 13.1. The average Bonchev–Trinajstić information content (AvgIpc) is 3.78. The molecule has 0 bridgehead atoms. The van der Waals surface area contributed by atoms with Crippen LogP contribution in [0.25, 0.3) is 100 Å². The van der Waals surface area contributed by atoms with E-state index >= 15 is 0 Å². The maximum absolute atomic E-state index is 5.14. The molecule has 0 spiro atoms. The number of fused-ring (bicyclic) bond motifs is 12. The highest BCUT2D eigenvalue weighted by Crippen LogP contribution is 2.41. The minimum Gasteiger partial charge on any atom is -0.309 e. The summed E-state index contributed by atoms with van der Waals surface area (Å²) < 4.78 is 4.73. The van der Waals surface area contributed by atoms with Crippen LogP contribution in [0.2, 0.25) is 0 Å². The van der Waals surface area contributed by atoms with Crippen LogP contribution < -0.4 is 0 Å². The van der Waals surface area contributed by atoms with Gasteiger partial charge in [-0.15, -0.1) is 0 Å². The van der Waals surface area contributed by atoms with Gasteiger partial charge >= 0.3 is 0 Å². The Labute approximate surface area is 297 Å². The van der Waals surface area contributed by atoms with E-state index in [1.807, 2.05) is 60.7 Å². The zero-order valence-corrected chi connectivity index (χ0v) is 27.8. The maximum Gasteiger partial charge on any atom is 0.164 e. The molecule has 0 amide bonds. The van der Waals surface area contributed by atoms with Crippen LogP contribution in [0.15, 0.2) is 170 Å². The third-order valence-electron chi connectivity index (χ3n) is 10.1. The second kappa shape index (κ2) is 11.2. The Morgan fingerprint density at radius 1 is 0.365 bits per heavy atom. The Morgan fingerprint density at radius 3 is 1.67 bits per heavy atom. The molecule has 0 N–H and O–H groups in total. The lowest BCUT2D eigenvalue weighted by atomic mass is 10.0. The fourth-order valence-corrected chi connectivity index (χ4v) is 7.84. The van der Waals surface area contributed by atoms with Gasteiger partial charge < -0.3 is 4.57 Å². The number of benzene rings is 7. The molecule has 0 fully saturated rings. The Kier molecular flexibility index (Phi) is 6.15. The topological polar surface area (TPSA) is 60.9 Å². The molecule has 11 aromatic rings. The van der Waals surface area contributed by atoms with Crippen LogP contribution in [-0.4, -0.2) is 28.9 Å². The highest BCUT2D eigenvalue weighted by Gasteiger charge is 2.21. The van der Waals surface area contributed by atoms with Crippen LogP contribution >= 0.6 is 0 Å². The lowest BCUT2D eigenvalue weighted by molar-refractivity contribution is 1.07. The smallest absolute Gasteiger partial charge is 0.164 e. The number of aromatic nitrogens is 6. The fourth-order valence-electron chi connectivity index (χ4n) is 7.84. The van der Waals surface area contributed by atoms with Crippen molar-refractivity contribution < 1.29 is 0 Å². The summed E-state index contributed by atoms with van der Waals surface area (Å²) in [7, 11) is 0. The highest BCUT2D eigenvalue weighted by molar-refractivity contribution is 6.27. The number of rotatable bonds is 4. The summed E-state index contributed by atoms with van der Waals surface area (Å²) in [5, 5.41) is 5.87. The zero-order chi connectivity index (χ0) is 34.2. The van der Waals surface area contributed by atoms with Crippen molar-refractivity contribution >= 4 is 60.2 Å². The molecule has 0 aliphatic heterocycles. The second-order valence-electron chi connectivity index (χ2n) is 13.1. The number of hydrogen-bond acceptors (Lipinski definition) is 4. The minimum atomic E-state index is 0.622. The van der Waals surface area contributed by atoms with Gasteiger partial charge in [0, 0.05) is 43.9 Å². The average molecular weight is 665 g/mol. The summed E-state index contributed by atoms with van der Waals surface area (Å²) in [4.78, 5) is 20.2. The SMILES string of the molecule is c1ccc(-c2nc(-c3ccccc3)nc(-c3cccc(-n4c5ccccc5c5ccc6c(c7ccccc7c7nc8ccccc8n67)c54)c3)n2)cc1. The van der Waals surface area contributed by atoms with Crippen LogP contribution in [0.1, 0.15) is 0 Å². The molecule has 0 atom stereocenters. The molecular formula is C46H28N6. The first-order valence-corrected chi connectivity index (χ1v) is 17.4. The predicted octanol–water partition coefficient (Wildman–Crippen LogP) is 11.1. The summed E-state index contributed by atoms with van der Waals surface area (Å²) in [5.74, 6) is 1.90. The Hall–Kier alpha value is -7.18. The van der Waals surface area contributed by atoms with Crippen molar-refractivity contribution in [3.8, 4) is 39.9 Å². The molecule has 6 heteroatoms. The van der Waals surface area contributed by atoms with Gasteiger partial charge in [0.15, 0.2) is 17.5 Å². The highest BCUT2D eigenvalue weighted by atomic mass is 15.0. The Morgan fingerprint density at radius 2 is 0.942 bits per heavy atom. The summed E-state index contributed by atoms with van der Waals surface area (Å²) in [6, 6.07) is 59.1. The van der Waals surface area contributed by atoms with Crippen molar-refractivity contribution in [3.63, 3.8) is 0 Å². The molecule has 6 nitrogen and oxygen atoms in total. The van der Waals surface area contributed by atoms with Crippen LogP contribution in [0, 0.1) is 0 Å². The van der Waals surface area contributed by atoms with E-state index in [9.17, 15) is 0 Å². The molecule has 0 unspecified atom stereocenters. The summed E-state index contributed by atoms with van der Waals surface area (Å²) >= 11 is 0. The van der Waals surface area contributed by atoms with E-state index in [2.05, 4.69) is 118 Å². The third kappa shape index (κ3) is 4.25. The summed E-state index contributed by atoms with van der Waals surface area (Å²) in [6.07, 6.45) is 0. The van der Waals surface area contributed by atoms with E-state index < -0.39 is 0 Å². The molecule has 7 aromatic carbocycles. The Bertz CT molecular complexity index is 3120. The van der Waals surface area contributed by atoms with Crippen LogP contribution in [0.4, 0.5) is 0 Å².